The number of methoxy groups -OCH3 is 1. The van der Waals surface area contributed by atoms with E-state index in [2.05, 4.69) is 20.6 Å². The van der Waals surface area contributed by atoms with E-state index in [-0.39, 0.29) is 59.5 Å². The third-order valence-electron chi connectivity index (χ3n) is 7.32. The number of nitrogens with zero attached hydrogens (tertiary/aromatic N) is 1. The van der Waals surface area contributed by atoms with Crippen LogP contribution in [0.4, 0.5) is 51.1 Å². The lowest BCUT2D eigenvalue weighted by Gasteiger charge is -2.30. The number of nitrogens with one attached hydrogen (secondary N) is 4. The van der Waals surface area contributed by atoms with Crippen LogP contribution in [-0.4, -0.2) is 53.3 Å². The number of alkyl halides is 9. The van der Waals surface area contributed by atoms with Crippen LogP contribution >= 0.6 is 0 Å². The lowest BCUT2D eigenvalue weighted by atomic mass is 9.85. The van der Waals surface area contributed by atoms with Crippen LogP contribution < -0.4 is 26.4 Å². The van der Waals surface area contributed by atoms with E-state index < -0.39 is 66.1 Å². The van der Waals surface area contributed by atoms with Crippen molar-refractivity contribution in [2.24, 2.45) is 11.7 Å². The molecule has 2 amide bonds. The second-order valence-corrected chi connectivity index (χ2v) is 10.5. The van der Waals surface area contributed by atoms with Gasteiger partial charge in [0.2, 0.25) is 11.9 Å². The number of hydrogen-bond acceptors (Lipinski definition) is 6. The maximum atomic E-state index is 13.8. The molecule has 0 saturated heterocycles. The molecule has 1 fully saturated rings. The molecule has 1 saturated carbocycles. The summed E-state index contributed by atoms with van der Waals surface area (Å²) in [6.45, 7) is -0.566. The van der Waals surface area contributed by atoms with Crippen LogP contribution in [0, 0.1) is 5.92 Å². The average molecular weight is 655 g/mol. The van der Waals surface area contributed by atoms with Crippen molar-refractivity contribution in [2.45, 2.75) is 62.8 Å². The van der Waals surface area contributed by atoms with Gasteiger partial charge in [-0.3, -0.25) is 9.59 Å². The van der Waals surface area contributed by atoms with Gasteiger partial charge in [0.05, 0.1) is 40.9 Å². The number of amides is 2. The fourth-order valence-corrected chi connectivity index (χ4v) is 4.90. The molecule has 4 rings (SSSR count). The Hall–Kier alpha value is -4.22. The predicted octanol–water partition coefficient (Wildman–Crippen LogP) is 5.69. The topological polar surface area (TPSA) is 134 Å². The standard InChI is InChI=1S/C27H27F9N6O3/c1-45-20-10-19-18(9-15(20)22(43)39-14-5-3-13(4-6-14)25(28,29)30)41-24(42-19)40-17-8-12(2-7-16(17)26(31,32)33)11-38-23(44)21(37)27(34,35)36/h2,7-10,13-14,21H,3-6,11,37H2,1H3,(H,38,44)(H,39,43)(H2,40,41,42). The molecule has 246 valence electrons. The fraction of sp³-hybridized carbons (Fsp3) is 0.444. The van der Waals surface area contributed by atoms with Gasteiger partial charge < -0.3 is 31.4 Å². The summed E-state index contributed by atoms with van der Waals surface area (Å²) in [5.74, 6) is -3.80. The van der Waals surface area contributed by atoms with E-state index >= 15 is 0 Å². The second-order valence-electron chi connectivity index (χ2n) is 10.5. The number of carbonyl (C=O) groups is 2. The third-order valence-corrected chi connectivity index (χ3v) is 7.32. The van der Waals surface area contributed by atoms with Gasteiger partial charge in [-0.1, -0.05) is 6.07 Å². The van der Waals surface area contributed by atoms with Crippen molar-refractivity contribution in [3.8, 4) is 5.75 Å². The van der Waals surface area contributed by atoms with Gasteiger partial charge in [0, 0.05) is 18.7 Å². The molecule has 2 aromatic carbocycles. The average Bonchev–Trinajstić information content (AvgIpc) is 3.34. The highest BCUT2D eigenvalue weighted by Crippen LogP contribution is 2.39. The zero-order valence-corrected chi connectivity index (χ0v) is 23.3. The van der Waals surface area contributed by atoms with Crippen molar-refractivity contribution in [1.29, 1.82) is 0 Å². The zero-order chi connectivity index (χ0) is 33.3. The minimum Gasteiger partial charge on any atom is -0.496 e. The van der Waals surface area contributed by atoms with Crippen LogP contribution in [0.25, 0.3) is 11.0 Å². The van der Waals surface area contributed by atoms with E-state index in [1.54, 1.807) is 0 Å². The molecule has 1 aliphatic carbocycles. The van der Waals surface area contributed by atoms with E-state index in [1.807, 2.05) is 5.32 Å². The lowest BCUT2D eigenvalue weighted by molar-refractivity contribution is -0.182. The molecule has 9 nitrogen and oxygen atoms in total. The minimum atomic E-state index is -5.02. The van der Waals surface area contributed by atoms with Gasteiger partial charge in [0.15, 0.2) is 6.04 Å². The number of carbonyl (C=O) groups excluding carboxylic acids is 2. The van der Waals surface area contributed by atoms with Crippen LogP contribution in [0.1, 0.15) is 47.2 Å². The van der Waals surface area contributed by atoms with E-state index in [0.717, 1.165) is 12.1 Å². The maximum absolute atomic E-state index is 13.8. The first-order valence-corrected chi connectivity index (χ1v) is 13.4. The van der Waals surface area contributed by atoms with E-state index in [0.29, 0.717) is 6.07 Å². The van der Waals surface area contributed by atoms with Gasteiger partial charge in [-0.15, -0.1) is 0 Å². The number of nitrogens with two attached hydrogens (primary N) is 1. The number of aromatic nitrogens is 2. The Morgan fingerprint density at radius 1 is 1.02 bits per heavy atom. The van der Waals surface area contributed by atoms with Crippen molar-refractivity contribution in [2.75, 3.05) is 12.4 Å². The van der Waals surface area contributed by atoms with Crippen LogP contribution in [0.3, 0.4) is 0 Å². The molecule has 1 unspecified atom stereocenters. The Morgan fingerprint density at radius 3 is 2.27 bits per heavy atom. The summed E-state index contributed by atoms with van der Waals surface area (Å²) < 4.78 is 124. The number of H-pyrrole nitrogens is 1. The largest absolute Gasteiger partial charge is 0.496 e. The van der Waals surface area contributed by atoms with Gasteiger partial charge in [0.1, 0.15) is 5.75 Å². The van der Waals surface area contributed by atoms with Crippen molar-refractivity contribution >= 4 is 34.5 Å². The zero-order valence-electron chi connectivity index (χ0n) is 23.3. The molecule has 0 spiro atoms. The Morgan fingerprint density at radius 2 is 1.69 bits per heavy atom. The van der Waals surface area contributed by atoms with E-state index in [4.69, 9.17) is 10.5 Å². The van der Waals surface area contributed by atoms with Crippen molar-refractivity contribution in [1.82, 2.24) is 20.6 Å². The highest BCUT2D eigenvalue weighted by Gasteiger charge is 2.43. The van der Waals surface area contributed by atoms with E-state index in [9.17, 15) is 49.1 Å². The van der Waals surface area contributed by atoms with Crippen LogP contribution in [0.5, 0.6) is 5.75 Å². The summed E-state index contributed by atoms with van der Waals surface area (Å²) in [7, 11) is 1.26. The molecule has 6 N–H and O–H groups in total. The number of hydrogen-bond donors (Lipinski definition) is 5. The summed E-state index contributed by atoms with van der Waals surface area (Å²) in [6, 6.07) is 1.94. The van der Waals surface area contributed by atoms with Crippen LogP contribution in [0.2, 0.25) is 0 Å². The molecule has 1 heterocycles. The van der Waals surface area contributed by atoms with Crippen molar-refractivity contribution < 1.29 is 53.8 Å². The normalized spacial score (nSPS) is 18.4. The predicted molar refractivity (Wildman–Crippen MR) is 143 cm³/mol. The molecule has 45 heavy (non-hydrogen) atoms. The third kappa shape index (κ3) is 8.09. The molecule has 0 bridgehead atoms. The Labute approximate surface area is 249 Å². The highest BCUT2D eigenvalue weighted by atomic mass is 19.4. The first-order chi connectivity index (χ1) is 20.9. The SMILES string of the molecule is COc1cc2nc(Nc3cc(CNC(=O)C(N)C(F)(F)F)ccc3C(F)(F)F)[nH]c2cc1C(=O)NC1CCC(C(F)(F)F)CC1. The molecule has 18 heteroatoms. The summed E-state index contributed by atoms with van der Waals surface area (Å²) in [6.07, 6.45) is -14.2. The highest BCUT2D eigenvalue weighted by molar-refractivity contribution is 6.01. The number of anilines is 2. The first-order valence-electron chi connectivity index (χ1n) is 13.4. The molecule has 1 aromatic heterocycles. The van der Waals surface area contributed by atoms with Gasteiger partial charge in [-0.2, -0.15) is 39.5 Å². The Kier molecular flexibility index (Phi) is 9.46. The molecule has 0 aliphatic heterocycles. The monoisotopic (exact) mass is 654 g/mol. The van der Waals surface area contributed by atoms with Crippen molar-refractivity contribution in [3.63, 3.8) is 0 Å². The molecular weight excluding hydrogens is 627 g/mol. The molecule has 1 atom stereocenters. The first kappa shape index (κ1) is 33.7. The Bertz CT molecular complexity index is 1540. The van der Waals surface area contributed by atoms with Gasteiger partial charge in [0.25, 0.3) is 5.91 Å². The molecule has 0 radical (unpaired) electrons. The number of rotatable bonds is 8. The quantitative estimate of drug-likeness (QED) is 0.198. The minimum absolute atomic E-state index is 0.00364. The maximum Gasteiger partial charge on any atom is 0.418 e. The van der Waals surface area contributed by atoms with Crippen molar-refractivity contribution in [3.05, 3.63) is 47.0 Å². The fourth-order valence-electron chi connectivity index (χ4n) is 4.90. The summed E-state index contributed by atoms with van der Waals surface area (Å²) in [5.41, 5.74) is 3.53. The Balaban J connectivity index is 1.54. The van der Waals surface area contributed by atoms with Gasteiger partial charge in [-0.05, 0) is 49.4 Å². The van der Waals surface area contributed by atoms with E-state index in [1.165, 1.54) is 19.2 Å². The molecule has 1 aliphatic rings. The van der Waals surface area contributed by atoms with Gasteiger partial charge >= 0.3 is 18.5 Å². The number of halogens is 9. The smallest absolute Gasteiger partial charge is 0.418 e. The number of ether oxygens (including phenoxy) is 1. The summed E-state index contributed by atoms with van der Waals surface area (Å²) in [4.78, 5) is 31.6. The molecular formula is C27H27F9N6O3. The summed E-state index contributed by atoms with van der Waals surface area (Å²) >= 11 is 0. The lowest BCUT2D eigenvalue weighted by Crippen LogP contribution is -2.49. The number of imidazole rings is 1. The van der Waals surface area contributed by atoms with Crippen LogP contribution in [0.15, 0.2) is 30.3 Å². The summed E-state index contributed by atoms with van der Waals surface area (Å²) in [5, 5.41) is 7.10. The number of aromatic amines is 1. The number of benzene rings is 2. The second kappa shape index (κ2) is 12.6. The van der Waals surface area contributed by atoms with Gasteiger partial charge in [-0.25, -0.2) is 4.98 Å². The van der Waals surface area contributed by atoms with Crippen LogP contribution in [-0.2, 0) is 17.5 Å². The number of fused-ring (bicyclic) bond motifs is 1. The molecule has 3 aromatic rings.